The van der Waals surface area contributed by atoms with Gasteiger partial charge in [-0.1, -0.05) is 12.1 Å². The molecule has 0 radical (unpaired) electrons. The number of carbonyl (C=O) groups excluding carboxylic acids is 1. The molecule has 2 aromatic heterocycles. The molecule has 1 aliphatic rings. The highest BCUT2D eigenvalue weighted by Crippen LogP contribution is 2.33. The number of aryl methyl sites for hydroxylation is 5. The average molecular weight is 410 g/mol. The summed E-state index contributed by atoms with van der Waals surface area (Å²) in [4.78, 5) is 25.8. The van der Waals surface area contributed by atoms with E-state index in [4.69, 9.17) is 4.74 Å². The van der Waals surface area contributed by atoms with Crippen molar-refractivity contribution in [1.82, 2.24) is 14.9 Å². The Morgan fingerprint density at radius 3 is 2.55 bits per heavy atom. The maximum absolute atomic E-state index is 13.2. The predicted octanol–water partition coefficient (Wildman–Crippen LogP) is 4.92. The number of carbonyl (C=O) groups is 1. The highest BCUT2D eigenvalue weighted by atomic mass is 32.1. The van der Waals surface area contributed by atoms with E-state index in [0.29, 0.717) is 13.1 Å². The standard InChI is InChI=1S/C23H27N3O2S/c1-13-6-7-14(2)19(12-13)28-18-8-10-26(11-9-18)23(27)21-15(3)20-16(4)24-17(5)25-22(20)29-21/h6-7,12,18H,8-11H2,1-5H3. The summed E-state index contributed by atoms with van der Waals surface area (Å²) < 4.78 is 6.25. The molecule has 0 spiro atoms. The number of thiophene rings is 1. The molecule has 4 rings (SSSR count). The number of ether oxygens (including phenoxy) is 1. The van der Waals surface area contributed by atoms with Gasteiger partial charge in [0, 0.05) is 37.0 Å². The number of nitrogens with zero attached hydrogens (tertiary/aromatic N) is 3. The van der Waals surface area contributed by atoms with E-state index in [1.165, 1.54) is 16.9 Å². The van der Waals surface area contributed by atoms with Gasteiger partial charge in [-0.3, -0.25) is 4.79 Å². The minimum Gasteiger partial charge on any atom is -0.490 e. The predicted molar refractivity (Wildman–Crippen MR) is 117 cm³/mol. The lowest BCUT2D eigenvalue weighted by Gasteiger charge is -2.32. The molecule has 3 heterocycles. The molecule has 1 amide bonds. The summed E-state index contributed by atoms with van der Waals surface area (Å²) in [5, 5.41) is 1.03. The molecule has 0 unspecified atom stereocenters. The largest absolute Gasteiger partial charge is 0.490 e. The van der Waals surface area contributed by atoms with Crippen molar-refractivity contribution in [2.45, 2.75) is 53.6 Å². The zero-order valence-corrected chi connectivity index (χ0v) is 18.5. The third-order valence-electron chi connectivity index (χ3n) is 5.64. The minimum absolute atomic E-state index is 0.104. The molecule has 1 saturated heterocycles. The first-order valence-electron chi connectivity index (χ1n) is 10.1. The van der Waals surface area contributed by atoms with Crippen LogP contribution in [-0.4, -0.2) is 40.0 Å². The van der Waals surface area contributed by atoms with Crippen molar-refractivity contribution >= 4 is 27.5 Å². The van der Waals surface area contributed by atoms with E-state index in [0.717, 1.165) is 56.3 Å². The van der Waals surface area contributed by atoms with Gasteiger partial charge in [0.1, 0.15) is 22.5 Å². The van der Waals surface area contributed by atoms with Crippen LogP contribution in [0.25, 0.3) is 10.2 Å². The number of hydrogen-bond acceptors (Lipinski definition) is 5. The van der Waals surface area contributed by atoms with Gasteiger partial charge >= 0.3 is 0 Å². The van der Waals surface area contributed by atoms with Gasteiger partial charge < -0.3 is 9.64 Å². The van der Waals surface area contributed by atoms with Gasteiger partial charge in [0.15, 0.2) is 0 Å². The number of benzene rings is 1. The number of rotatable bonds is 3. The van der Waals surface area contributed by atoms with Crippen LogP contribution in [0.3, 0.4) is 0 Å². The molecule has 0 atom stereocenters. The Morgan fingerprint density at radius 1 is 1.10 bits per heavy atom. The van der Waals surface area contributed by atoms with Crippen molar-refractivity contribution in [2.24, 2.45) is 0 Å². The third kappa shape index (κ3) is 3.86. The first-order valence-corrected chi connectivity index (χ1v) is 10.9. The molecule has 1 aliphatic heterocycles. The van der Waals surface area contributed by atoms with Crippen LogP contribution in [0, 0.1) is 34.6 Å². The number of fused-ring (bicyclic) bond motifs is 1. The fraction of sp³-hybridized carbons (Fsp3) is 0.435. The Kier molecular flexibility index (Phi) is 5.30. The Bertz CT molecular complexity index is 1080. The molecule has 1 fully saturated rings. The Labute approximate surface area is 175 Å². The van der Waals surface area contributed by atoms with Gasteiger partial charge in [0.05, 0.1) is 4.88 Å². The molecule has 1 aromatic carbocycles. The lowest BCUT2D eigenvalue weighted by molar-refractivity contribution is 0.0598. The Balaban J connectivity index is 1.47. The van der Waals surface area contributed by atoms with E-state index < -0.39 is 0 Å². The number of hydrogen-bond donors (Lipinski definition) is 0. The summed E-state index contributed by atoms with van der Waals surface area (Å²) in [6, 6.07) is 6.29. The summed E-state index contributed by atoms with van der Waals surface area (Å²) in [6.07, 6.45) is 1.85. The molecular formula is C23H27N3O2S. The van der Waals surface area contributed by atoms with Gasteiger partial charge in [0.2, 0.25) is 0 Å². The number of amides is 1. The molecule has 0 aliphatic carbocycles. The molecule has 0 saturated carbocycles. The first-order chi connectivity index (χ1) is 13.8. The number of likely N-dealkylation sites (tertiary alicyclic amines) is 1. The SMILES string of the molecule is Cc1ccc(C)c(OC2CCN(C(=O)c3sc4nc(C)nc(C)c4c3C)CC2)c1. The molecule has 152 valence electrons. The maximum atomic E-state index is 13.2. The van der Waals surface area contributed by atoms with Gasteiger partial charge in [0.25, 0.3) is 5.91 Å². The molecule has 29 heavy (non-hydrogen) atoms. The lowest BCUT2D eigenvalue weighted by atomic mass is 10.1. The zero-order chi connectivity index (χ0) is 20.7. The summed E-state index contributed by atoms with van der Waals surface area (Å²) in [7, 11) is 0. The van der Waals surface area contributed by atoms with Crippen LogP contribution < -0.4 is 4.74 Å². The highest BCUT2D eigenvalue weighted by molar-refractivity contribution is 7.20. The van der Waals surface area contributed by atoms with E-state index in [1.54, 1.807) is 0 Å². The van der Waals surface area contributed by atoms with Crippen molar-refractivity contribution < 1.29 is 9.53 Å². The number of piperidine rings is 1. The Hall–Kier alpha value is -2.47. The third-order valence-corrected chi connectivity index (χ3v) is 6.82. The van der Waals surface area contributed by atoms with Crippen LogP contribution in [-0.2, 0) is 0 Å². The summed E-state index contributed by atoms with van der Waals surface area (Å²) >= 11 is 1.49. The normalized spacial score (nSPS) is 15.1. The van der Waals surface area contributed by atoms with Gasteiger partial charge in [-0.2, -0.15) is 0 Å². The van der Waals surface area contributed by atoms with Crippen molar-refractivity contribution in [3.05, 3.63) is 51.3 Å². The molecule has 0 N–H and O–H groups in total. The van der Waals surface area contributed by atoms with Gasteiger partial charge in [-0.15, -0.1) is 11.3 Å². The fourth-order valence-corrected chi connectivity index (χ4v) is 5.26. The van der Waals surface area contributed by atoms with Crippen LogP contribution in [0.1, 0.15) is 50.7 Å². The fourth-order valence-electron chi connectivity index (χ4n) is 4.01. The second-order valence-electron chi connectivity index (χ2n) is 7.97. The molecule has 0 bridgehead atoms. The van der Waals surface area contributed by atoms with E-state index >= 15 is 0 Å². The van der Waals surface area contributed by atoms with E-state index in [9.17, 15) is 4.79 Å². The summed E-state index contributed by atoms with van der Waals surface area (Å²) in [5.41, 5.74) is 4.30. The van der Waals surface area contributed by atoms with Crippen LogP contribution in [0.5, 0.6) is 5.75 Å². The van der Waals surface area contributed by atoms with E-state index in [2.05, 4.69) is 42.0 Å². The molecular weight excluding hydrogens is 382 g/mol. The molecule has 6 heteroatoms. The van der Waals surface area contributed by atoms with E-state index in [1.807, 2.05) is 25.7 Å². The van der Waals surface area contributed by atoms with Gasteiger partial charge in [-0.05, 0) is 57.4 Å². The Morgan fingerprint density at radius 2 is 1.83 bits per heavy atom. The van der Waals surface area contributed by atoms with Crippen molar-refractivity contribution in [3.63, 3.8) is 0 Å². The maximum Gasteiger partial charge on any atom is 0.264 e. The van der Waals surface area contributed by atoms with Crippen LogP contribution in [0.2, 0.25) is 0 Å². The second-order valence-corrected chi connectivity index (χ2v) is 8.97. The summed E-state index contributed by atoms with van der Waals surface area (Å²) in [5.74, 6) is 1.81. The average Bonchev–Trinajstić information content (AvgIpc) is 3.01. The monoisotopic (exact) mass is 409 g/mol. The van der Waals surface area contributed by atoms with Crippen molar-refractivity contribution in [1.29, 1.82) is 0 Å². The van der Waals surface area contributed by atoms with Crippen LogP contribution in [0.15, 0.2) is 18.2 Å². The first kappa shape index (κ1) is 19.8. The number of aromatic nitrogens is 2. The van der Waals surface area contributed by atoms with Crippen LogP contribution >= 0.6 is 11.3 Å². The second kappa shape index (κ2) is 7.75. The highest BCUT2D eigenvalue weighted by Gasteiger charge is 2.28. The smallest absolute Gasteiger partial charge is 0.264 e. The van der Waals surface area contributed by atoms with Crippen molar-refractivity contribution in [2.75, 3.05) is 13.1 Å². The van der Waals surface area contributed by atoms with Crippen molar-refractivity contribution in [3.8, 4) is 5.75 Å². The van der Waals surface area contributed by atoms with E-state index in [-0.39, 0.29) is 12.0 Å². The zero-order valence-electron chi connectivity index (χ0n) is 17.7. The molecule has 5 nitrogen and oxygen atoms in total. The van der Waals surface area contributed by atoms with Crippen LogP contribution in [0.4, 0.5) is 0 Å². The molecule has 3 aromatic rings. The lowest BCUT2D eigenvalue weighted by Crippen LogP contribution is -2.41. The van der Waals surface area contributed by atoms with Gasteiger partial charge in [-0.25, -0.2) is 9.97 Å². The quantitative estimate of drug-likeness (QED) is 0.616. The summed E-state index contributed by atoms with van der Waals surface area (Å²) in [6.45, 7) is 11.5. The minimum atomic E-state index is 0.104. The topological polar surface area (TPSA) is 55.3 Å².